The van der Waals surface area contributed by atoms with Crippen molar-refractivity contribution in [3.8, 4) is 6.07 Å². The SMILES string of the molecule is N#CCc1cc(F)cc(Cl)n1. The van der Waals surface area contributed by atoms with Gasteiger partial charge in [-0.25, -0.2) is 9.37 Å². The molecule has 0 N–H and O–H groups in total. The maximum absolute atomic E-state index is 12.5. The van der Waals surface area contributed by atoms with Crippen molar-refractivity contribution >= 4 is 11.6 Å². The molecule has 56 valence electrons. The fraction of sp³-hybridized carbons (Fsp3) is 0.143. The number of nitriles is 1. The van der Waals surface area contributed by atoms with E-state index in [9.17, 15) is 4.39 Å². The van der Waals surface area contributed by atoms with Crippen LogP contribution in [-0.4, -0.2) is 4.98 Å². The molecule has 11 heavy (non-hydrogen) atoms. The van der Waals surface area contributed by atoms with E-state index in [1.807, 2.05) is 6.07 Å². The van der Waals surface area contributed by atoms with Crippen molar-refractivity contribution < 1.29 is 4.39 Å². The third kappa shape index (κ3) is 2.17. The summed E-state index contributed by atoms with van der Waals surface area (Å²) in [6, 6.07) is 4.14. The zero-order valence-corrected chi connectivity index (χ0v) is 6.27. The predicted octanol–water partition coefficient (Wildman–Crippen LogP) is 1.94. The molecule has 0 atom stereocenters. The van der Waals surface area contributed by atoms with Crippen molar-refractivity contribution in [1.29, 1.82) is 5.26 Å². The fourth-order valence-corrected chi connectivity index (χ4v) is 0.901. The number of pyridine rings is 1. The van der Waals surface area contributed by atoms with E-state index in [4.69, 9.17) is 16.9 Å². The number of hydrogen-bond donors (Lipinski definition) is 0. The highest BCUT2D eigenvalue weighted by atomic mass is 35.5. The van der Waals surface area contributed by atoms with Crippen LogP contribution in [0.15, 0.2) is 12.1 Å². The second-order valence-electron chi connectivity index (χ2n) is 1.93. The molecule has 0 aliphatic carbocycles. The van der Waals surface area contributed by atoms with Crippen molar-refractivity contribution in [2.75, 3.05) is 0 Å². The Balaban J connectivity index is 3.01. The van der Waals surface area contributed by atoms with E-state index in [1.165, 1.54) is 6.07 Å². The largest absolute Gasteiger partial charge is 0.240 e. The van der Waals surface area contributed by atoms with Crippen LogP contribution in [0.1, 0.15) is 5.69 Å². The molecule has 1 heterocycles. The summed E-state index contributed by atoms with van der Waals surface area (Å²) in [5.74, 6) is -0.463. The molecule has 0 saturated heterocycles. The van der Waals surface area contributed by atoms with Crippen molar-refractivity contribution in [3.63, 3.8) is 0 Å². The van der Waals surface area contributed by atoms with Gasteiger partial charge >= 0.3 is 0 Å². The van der Waals surface area contributed by atoms with Crippen LogP contribution >= 0.6 is 11.6 Å². The normalized spacial score (nSPS) is 9.18. The van der Waals surface area contributed by atoms with E-state index in [2.05, 4.69) is 4.98 Å². The van der Waals surface area contributed by atoms with Gasteiger partial charge in [0.1, 0.15) is 11.0 Å². The lowest BCUT2D eigenvalue weighted by atomic mass is 10.3. The Hall–Kier alpha value is -1.14. The van der Waals surface area contributed by atoms with Crippen LogP contribution in [-0.2, 0) is 6.42 Å². The Morgan fingerprint density at radius 1 is 1.64 bits per heavy atom. The van der Waals surface area contributed by atoms with E-state index in [0.29, 0.717) is 5.69 Å². The van der Waals surface area contributed by atoms with E-state index in [1.54, 1.807) is 0 Å². The molecule has 0 fully saturated rings. The molecule has 0 aromatic carbocycles. The molecule has 0 radical (unpaired) electrons. The number of nitrogens with zero attached hydrogens (tertiary/aromatic N) is 2. The smallest absolute Gasteiger partial charge is 0.132 e. The summed E-state index contributed by atoms with van der Waals surface area (Å²) in [6.07, 6.45) is 0.0808. The van der Waals surface area contributed by atoms with Gasteiger partial charge < -0.3 is 0 Å². The van der Waals surface area contributed by atoms with Gasteiger partial charge in [0.2, 0.25) is 0 Å². The zero-order valence-electron chi connectivity index (χ0n) is 5.51. The summed E-state index contributed by atoms with van der Waals surface area (Å²) in [7, 11) is 0. The molecular weight excluding hydrogens is 167 g/mol. The number of aromatic nitrogens is 1. The van der Waals surface area contributed by atoms with Crippen molar-refractivity contribution in [2.24, 2.45) is 0 Å². The number of rotatable bonds is 1. The molecular formula is C7H4ClFN2. The Labute approximate surface area is 68.2 Å². The molecule has 0 unspecified atom stereocenters. The molecule has 0 aliphatic heterocycles. The summed E-state index contributed by atoms with van der Waals surface area (Å²) in [4.78, 5) is 3.73. The van der Waals surface area contributed by atoms with E-state index < -0.39 is 5.82 Å². The minimum absolute atomic E-state index is 0.0789. The topological polar surface area (TPSA) is 36.7 Å². The lowest BCUT2D eigenvalue weighted by Crippen LogP contribution is -1.89. The third-order valence-electron chi connectivity index (χ3n) is 1.07. The van der Waals surface area contributed by atoms with E-state index in [-0.39, 0.29) is 11.6 Å². The highest BCUT2D eigenvalue weighted by molar-refractivity contribution is 6.29. The zero-order chi connectivity index (χ0) is 8.27. The minimum Gasteiger partial charge on any atom is -0.240 e. The minimum atomic E-state index is -0.463. The van der Waals surface area contributed by atoms with Gasteiger partial charge in [-0.3, -0.25) is 0 Å². The second kappa shape index (κ2) is 3.31. The second-order valence-corrected chi connectivity index (χ2v) is 2.32. The molecule has 1 aromatic rings. The monoisotopic (exact) mass is 170 g/mol. The van der Waals surface area contributed by atoms with Crippen LogP contribution < -0.4 is 0 Å². The summed E-state index contributed by atoms with van der Waals surface area (Å²) in [5, 5.41) is 8.32. The average Bonchev–Trinajstić information content (AvgIpc) is 1.85. The van der Waals surface area contributed by atoms with Gasteiger partial charge in [0, 0.05) is 6.07 Å². The highest BCUT2D eigenvalue weighted by Gasteiger charge is 1.99. The van der Waals surface area contributed by atoms with Gasteiger partial charge in [-0.05, 0) is 6.07 Å². The van der Waals surface area contributed by atoms with Crippen LogP contribution in [0.25, 0.3) is 0 Å². The number of hydrogen-bond acceptors (Lipinski definition) is 2. The van der Waals surface area contributed by atoms with Gasteiger partial charge in [-0.2, -0.15) is 5.26 Å². The molecule has 1 rings (SSSR count). The molecule has 2 nitrogen and oxygen atoms in total. The van der Waals surface area contributed by atoms with Crippen molar-refractivity contribution in [1.82, 2.24) is 4.98 Å². The molecule has 0 aliphatic rings. The van der Waals surface area contributed by atoms with Gasteiger partial charge in [-0.15, -0.1) is 0 Å². The lowest BCUT2D eigenvalue weighted by Gasteiger charge is -1.94. The van der Waals surface area contributed by atoms with Crippen molar-refractivity contribution in [3.05, 3.63) is 28.8 Å². The molecule has 0 bridgehead atoms. The Bertz CT molecular complexity index is 286. The third-order valence-corrected chi connectivity index (χ3v) is 1.27. The van der Waals surface area contributed by atoms with E-state index in [0.717, 1.165) is 6.07 Å². The highest BCUT2D eigenvalue weighted by Crippen LogP contribution is 2.09. The first-order valence-corrected chi connectivity index (χ1v) is 3.29. The molecule has 0 saturated carbocycles. The standard InChI is InChI=1S/C7H4ClFN2/c8-7-4-5(9)3-6(11-7)1-2-10/h3-4H,1H2. The number of halogens is 2. The first kappa shape index (κ1) is 7.96. The quantitative estimate of drug-likeness (QED) is 0.604. The first-order valence-electron chi connectivity index (χ1n) is 2.91. The molecule has 0 amide bonds. The molecule has 4 heteroatoms. The van der Waals surface area contributed by atoms with Gasteiger partial charge in [0.15, 0.2) is 0 Å². The van der Waals surface area contributed by atoms with Crippen molar-refractivity contribution in [2.45, 2.75) is 6.42 Å². The van der Waals surface area contributed by atoms with Crippen LogP contribution in [0.4, 0.5) is 4.39 Å². The fourth-order valence-electron chi connectivity index (χ4n) is 0.688. The van der Waals surface area contributed by atoms with Crippen LogP contribution in [0.3, 0.4) is 0 Å². The summed E-state index contributed by atoms with van der Waals surface area (Å²) in [6.45, 7) is 0. The summed E-state index contributed by atoms with van der Waals surface area (Å²) >= 11 is 5.43. The van der Waals surface area contributed by atoms with Crippen LogP contribution in [0, 0.1) is 17.1 Å². The van der Waals surface area contributed by atoms with Gasteiger partial charge in [0.05, 0.1) is 18.2 Å². The molecule has 0 spiro atoms. The van der Waals surface area contributed by atoms with Gasteiger partial charge in [-0.1, -0.05) is 11.6 Å². The molecule has 1 aromatic heterocycles. The van der Waals surface area contributed by atoms with E-state index >= 15 is 0 Å². The predicted molar refractivity (Wildman–Crippen MR) is 38.5 cm³/mol. The van der Waals surface area contributed by atoms with Crippen LogP contribution in [0.5, 0.6) is 0 Å². The summed E-state index contributed by atoms with van der Waals surface area (Å²) in [5.41, 5.74) is 0.359. The first-order chi connectivity index (χ1) is 5.22. The van der Waals surface area contributed by atoms with Gasteiger partial charge in [0.25, 0.3) is 0 Å². The maximum Gasteiger partial charge on any atom is 0.132 e. The maximum atomic E-state index is 12.5. The lowest BCUT2D eigenvalue weighted by molar-refractivity contribution is 0.623. The summed E-state index contributed by atoms with van der Waals surface area (Å²) < 4.78 is 12.5. The Kier molecular flexibility index (Phi) is 2.40. The Morgan fingerprint density at radius 2 is 2.36 bits per heavy atom. The Morgan fingerprint density at radius 3 is 2.91 bits per heavy atom. The van der Waals surface area contributed by atoms with Crippen LogP contribution in [0.2, 0.25) is 5.15 Å². The average molecular weight is 171 g/mol.